The summed E-state index contributed by atoms with van der Waals surface area (Å²) in [7, 11) is 2.03. The van der Waals surface area contributed by atoms with Gasteiger partial charge in [0.15, 0.2) is 0 Å². The average Bonchev–Trinajstić information content (AvgIpc) is 2.50. The van der Waals surface area contributed by atoms with Crippen LogP contribution in [0.15, 0.2) is 18.2 Å². The van der Waals surface area contributed by atoms with Gasteiger partial charge in [-0.25, -0.2) is 0 Å². The van der Waals surface area contributed by atoms with Crippen LogP contribution in [-0.2, 0) is 11.2 Å². The number of amides is 1. The molecular weight excluding hydrogens is 260 g/mol. The van der Waals surface area contributed by atoms with Gasteiger partial charge in [-0.05, 0) is 49.9 Å². The van der Waals surface area contributed by atoms with E-state index in [-0.39, 0.29) is 5.91 Å². The van der Waals surface area contributed by atoms with Crippen LogP contribution in [-0.4, -0.2) is 37.0 Å². The van der Waals surface area contributed by atoms with Gasteiger partial charge in [-0.1, -0.05) is 31.5 Å². The molecule has 1 aliphatic heterocycles. The zero-order valence-corrected chi connectivity index (χ0v) is 13.8. The lowest BCUT2D eigenvalue weighted by Gasteiger charge is -2.38. The molecule has 0 spiro atoms. The summed E-state index contributed by atoms with van der Waals surface area (Å²) in [5.41, 5.74) is 3.68. The topological polar surface area (TPSA) is 32.3 Å². The molecule has 0 aromatic heterocycles. The molecule has 116 valence electrons. The second kappa shape index (κ2) is 7.08. The molecule has 1 aromatic carbocycles. The zero-order valence-electron chi connectivity index (χ0n) is 13.8. The summed E-state index contributed by atoms with van der Waals surface area (Å²) in [5.74, 6) is 0.846. The lowest BCUT2D eigenvalue weighted by molar-refractivity contribution is -0.132. The molecule has 0 bridgehead atoms. The summed E-state index contributed by atoms with van der Waals surface area (Å²) in [6, 6.07) is 6.89. The third-order valence-electron chi connectivity index (χ3n) is 4.91. The fraction of sp³-hybridized carbons (Fsp3) is 0.611. The van der Waals surface area contributed by atoms with Gasteiger partial charge in [-0.3, -0.25) is 4.79 Å². The largest absolute Gasteiger partial charge is 0.342 e. The molecule has 1 aromatic rings. The predicted molar refractivity (Wildman–Crippen MR) is 87.4 cm³/mol. The number of nitrogens with zero attached hydrogens (tertiary/aromatic N) is 1. The Labute approximate surface area is 128 Å². The maximum Gasteiger partial charge on any atom is 0.227 e. The summed E-state index contributed by atoms with van der Waals surface area (Å²) in [6.45, 7) is 8.20. The predicted octanol–water partition coefficient (Wildman–Crippen LogP) is 2.69. The highest BCUT2D eigenvalue weighted by molar-refractivity contribution is 5.79. The summed E-state index contributed by atoms with van der Waals surface area (Å²) in [5, 5.41) is 3.39. The second-order valence-corrected chi connectivity index (χ2v) is 6.29. The van der Waals surface area contributed by atoms with Crippen molar-refractivity contribution >= 4 is 5.91 Å². The third-order valence-corrected chi connectivity index (χ3v) is 4.91. The Balaban J connectivity index is 1.98. The first kappa shape index (κ1) is 16.0. The number of carbonyl (C=O) groups excluding carboxylic acids is 1. The third kappa shape index (κ3) is 3.85. The van der Waals surface area contributed by atoms with E-state index in [0.717, 1.165) is 31.5 Å². The molecule has 2 unspecified atom stereocenters. The van der Waals surface area contributed by atoms with Gasteiger partial charge >= 0.3 is 0 Å². The minimum absolute atomic E-state index is 0.270. The first-order valence-electron chi connectivity index (χ1n) is 8.06. The van der Waals surface area contributed by atoms with Crippen LogP contribution in [0.5, 0.6) is 0 Å². The lowest BCUT2D eigenvalue weighted by atomic mass is 9.89. The number of hydrogen-bond donors (Lipinski definition) is 1. The van der Waals surface area contributed by atoms with Crippen molar-refractivity contribution in [1.29, 1.82) is 0 Å². The van der Waals surface area contributed by atoms with Crippen molar-refractivity contribution < 1.29 is 4.79 Å². The van der Waals surface area contributed by atoms with Gasteiger partial charge in [0.05, 0.1) is 6.42 Å². The number of likely N-dealkylation sites (tertiary alicyclic amines) is 1. The van der Waals surface area contributed by atoms with E-state index in [1.165, 1.54) is 11.1 Å². The van der Waals surface area contributed by atoms with Crippen LogP contribution in [0.25, 0.3) is 0 Å². The van der Waals surface area contributed by atoms with Gasteiger partial charge in [0.25, 0.3) is 0 Å². The van der Waals surface area contributed by atoms with Gasteiger partial charge in [-0.2, -0.15) is 0 Å². The van der Waals surface area contributed by atoms with Gasteiger partial charge in [0, 0.05) is 19.1 Å². The number of piperidine rings is 1. The van der Waals surface area contributed by atoms with Crippen molar-refractivity contribution in [2.24, 2.45) is 5.92 Å². The number of nitrogens with one attached hydrogen (secondary N) is 1. The highest BCUT2D eigenvalue weighted by Gasteiger charge is 2.29. The summed E-state index contributed by atoms with van der Waals surface area (Å²) in [6.07, 6.45) is 2.72. The van der Waals surface area contributed by atoms with Crippen LogP contribution in [0.4, 0.5) is 0 Å². The smallest absolute Gasteiger partial charge is 0.227 e. The van der Waals surface area contributed by atoms with Crippen LogP contribution in [0.1, 0.15) is 36.5 Å². The van der Waals surface area contributed by atoms with E-state index in [0.29, 0.717) is 18.4 Å². The van der Waals surface area contributed by atoms with Gasteiger partial charge < -0.3 is 10.2 Å². The van der Waals surface area contributed by atoms with Crippen molar-refractivity contribution in [2.75, 3.05) is 20.1 Å². The maximum atomic E-state index is 12.5. The van der Waals surface area contributed by atoms with Crippen molar-refractivity contribution in [3.05, 3.63) is 34.9 Å². The van der Waals surface area contributed by atoms with E-state index in [1.54, 1.807) is 0 Å². The second-order valence-electron chi connectivity index (χ2n) is 6.29. The van der Waals surface area contributed by atoms with E-state index in [9.17, 15) is 4.79 Å². The quantitative estimate of drug-likeness (QED) is 0.924. The average molecular weight is 288 g/mol. The first-order valence-corrected chi connectivity index (χ1v) is 8.06. The number of aryl methyl sites for hydroxylation is 2. The number of hydrogen-bond acceptors (Lipinski definition) is 2. The monoisotopic (exact) mass is 288 g/mol. The molecule has 0 radical (unpaired) electrons. The fourth-order valence-electron chi connectivity index (χ4n) is 3.25. The molecule has 1 fully saturated rings. The minimum atomic E-state index is 0.270. The van der Waals surface area contributed by atoms with Crippen molar-refractivity contribution in [2.45, 2.75) is 46.1 Å². The van der Waals surface area contributed by atoms with Crippen LogP contribution in [0, 0.1) is 19.8 Å². The van der Waals surface area contributed by atoms with Crippen molar-refractivity contribution in [3.63, 3.8) is 0 Å². The van der Waals surface area contributed by atoms with E-state index >= 15 is 0 Å². The molecule has 2 rings (SSSR count). The highest BCUT2D eigenvalue weighted by Crippen LogP contribution is 2.21. The van der Waals surface area contributed by atoms with E-state index in [2.05, 4.69) is 49.2 Å². The van der Waals surface area contributed by atoms with Crippen LogP contribution in [0.2, 0.25) is 0 Å². The van der Waals surface area contributed by atoms with Crippen LogP contribution < -0.4 is 5.32 Å². The molecule has 1 amide bonds. The lowest BCUT2D eigenvalue weighted by Crippen LogP contribution is -2.50. The van der Waals surface area contributed by atoms with Gasteiger partial charge in [-0.15, -0.1) is 0 Å². The molecule has 0 saturated carbocycles. The number of rotatable bonds is 4. The molecule has 1 saturated heterocycles. The Kier molecular flexibility index (Phi) is 5.40. The fourth-order valence-corrected chi connectivity index (χ4v) is 3.25. The van der Waals surface area contributed by atoms with Gasteiger partial charge in [0.2, 0.25) is 5.91 Å². The van der Waals surface area contributed by atoms with Crippen molar-refractivity contribution in [3.8, 4) is 0 Å². The Hall–Kier alpha value is -1.35. The Bertz CT molecular complexity index is 498. The van der Waals surface area contributed by atoms with Gasteiger partial charge in [0.1, 0.15) is 0 Å². The molecule has 2 atom stereocenters. The molecule has 21 heavy (non-hydrogen) atoms. The molecular formula is C18H28N2O. The minimum Gasteiger partial charge on any atom is -0.342 e. The standard InChI is InChI=1S/C18H28N2O/c1-5-16-12-20(9-8-17(16)19-4)18(21)11-15-7-6-13(2)14(3)10-15/h6-7,10,16-17,19H,5,8-9,11-12H2,1-4H3. The number of benzene rings is 1. The first-order chi connectivity index (χ1) is 10.0. The zero-order chi connectivity index (χ0) is 15.4. The summed E-state index contributed by atoms with van der Waals surface area (Å²) < 4.78 is 0. The SMILES string of the molecule is CCC1CN(C(=O)Cc2ccc(C)c(C)c2)CCC1NC. The maximum absolute atomic E-state index is 12.5. The molecule has 1 N–H and O–H groups in total. The van der Waals surface area contributed by atoms with E-state index in [4.69, 9.17) is 0 Å². The number of carbonyl (C=O) groups is 1. The molecule has 3 heteroatoms. The Morgan fingerprint density at radius 1 is 1.33 bits per heavy atom. The highest BCUT2D eigenvalue weighted by atomic mass is 16.2. The van der Waals surface area contributed by atoms with Crippen LogP contribution in [0.3, 0.4) is 0 Å². The summed E-state index contributed by atoms with van der Waals surface area (Å²) in [4.78, 5) is 14.6. The molecule has 1 heterocycles. The molecule has 0 aliphatic carbocycles. The van der Waals surface area contributed by atoms with E-state index < -0.39 is 0 Å². The van der Waals surface area contributed by atoms with E-state index in [1.807, 2.05) is 7.05 Å². The molecule has 1 aliphatic rings. The normalized spacial score (nSPS) is 22.4. The Morgan fingerprint density at radius 3 is 2.71 bits per heavy atom. The summed E-state index contributed by atoms with van der Waals surface area (Å²) >= 11 is 0. The molecule has 3 nitrogen and oxygen atoms in total. The Morgan fingerprint density at radius 2 is 2.10 bits per heavy atom. The van der Waals surface area contributed by atoms with Crippen molar-refractivity contribution in [1.82, 2.24) is 10.2 Å². The van der Waals surface area contributed by atoms with Crippen LogP contribution >= 0.6 is 0 Å².